The van der Waals surface area contributed by atoms with E-state index in [1.165, 1.54) is 41.2 Å². The molecule has 144 valence electrons. The molecule has 0 atom stereocenters. The van der Waals surface area contributed by atoms with E-state index in [1.807, 2.05) is 0 Å². The van der Waals surface area contributed by atoms with E-state index in [1.54, 1.807) is 0 Å². The molecule has 0 bridgehead atoms. The van der Waals surface area contributed by atoms with Gasteiger partial charge in [0.05, 0.1) is 0 Å². The first kappa shape index (κ1) is 18.3. The monoisotopic (exact) mass is 399 g/mol. The van der Waals surface area contributed by atoms with Gasteiger partial charge >= 0.3 is 0 Å². The lowest BCUT2D eigenvalue weighted by molar-refractivity contribution is 0.428. The molecule has 0 radical (unpaired) electrons. The number of hydrogen-bond donors (Lipinski definition) is 0. The standard InChI is InChI=1S/C25H22ClN3/c26-25-28-23(19-8-2-1-3-9-19)27-24(29-25)20-15-13-18(14-16-20)22-12-6-10-17-7-4-5-11-21(17)22/h4-7,10-16,19H,1-3,8-9H2. The minimum atomic E-state index is 0.286. The summed E-state index contributed by atoms with van der Waals surface area (Å²) in [6.45, 7) is 0. The summed E-state index contributed by atoms with van der Waals surface area (Å²) in [4.78, 5) is 13.6. The molecule has 1 aliphatic carbocycles. The van der Waals surface area contributed by atoms with Crippen LogP contribution in [0, 0.1) is 0 Å². The number of aromatic nitrogens is 3. The number of nitrogens with zero attached hydrogens (tertiary/aromatic N) is 3. The number of hydrogen-bond acceptors (Lipinski definition) is 3. The number of fused-ring (bicyclic) bond motifs is 1. The molecule has 1 heterocycles. The van der Waals surface area contributed by atoms with Crippen molar-refractivity contribution in [1.82, 2.24) is 15.0 Å². The third kappa shape index (κ3) is 3.75. The van der Waals surface area contributed by atoms with Crippen LogP contribution in [0.1, 0.15) is 43.8 Å². The molecule has 0 saturated heterocycles. The van der Waals surface area contributed by atoms with Crippen molar-refractivity contribution in [3.05, 3.63) is 77.8 Å². The Morgan fingerprint density at radius 1 is 0.690 bits per heavy atom. The van der Waals surface area contributed by atoms with Gasteiger partial charge in [0.15, 0.2) is 5.82 Å². The van der Waals surface area contributed by atoms with Crippen LogP contribution in [0.2, 0.25) is 5.28 Å². The lowest BCUT2D eigenvalue weighted by Crippen LogP contribution is -2.10. The van der Waals surface area contributed by atoms with Crippen molar-refractivity contribution in [3.63, 3.8) is 0 Å². The van der Waals surface area contributed by atoms with Crippen molar-refractivity contribution in [2.75, 3.05) is 0 Å². The third-order valence-electron chi connectivity index (χ3n) is 5.84. The summed E-state index contributed by atoms with van der Waals surface area (Å²) >= 11 is 6.25. The first-order chi connectivity index (χ1) is 14.3. The molecule has 1 aliphatic rings. The van der Waals surface area contributed by atoms with Gasteiger partial charge in [-0.05, 0) is 46.3 Å². The van der Waals surface area contributed by atoms with Crippen LogP contribution >= 0.6 is 11.6 Å². The van der Waals surface area contributed by atoms with Crippen LogP contribution in [0.5, 0.6) is 0 Å². The Bertz CT molecular complexity index is 1140. The van der Waals surface area contributed by atoms with E-state index in [0.29, 0.717) is 11.7 Å². The summed E-state index contributed by atoms with van der Waals surface area (Å²) in [6, 6.07) is 23.3. The average molecular weight is 400 g/mol. The molecule has 0 N–H and O–H groups in total. The van der Waals surface area contributed by atoms with Crippen LogP contribution in [0.3, 0.4) is 0 Å². The fourth-order valence-electron chi connectivity index (χ4n) is 4.31. The van der Waals surface area contributed by atoms with Gasteiger partial charge in [0.1, 0.15) is 5.82 Å². The minimum Gasteiger partial charge on any atom is -0.213 e. The zero-order valence-electron chi connectivity index (χ0n) is 16.2. The highest BCUT2D eigenvalue weighted by molar-refractivity contribution is 6.28. The van der Waals surface area contributed by atoms with Crippen molar-refractivity contribution in [2.24, 2.45) is 0 Å². The van der Waals surface area contributed by atoms with Gasteiger partial charge in [0, 0.05) is 11.5 Å². The second-order valence-corrected chi connectivity index (χ2v) is 8.06. The van der Waals surface area contributed by atoms with Gasteiger partial charge in [0.25, 0.3) is 0 Å². The Morgan fingerprint density at radius 3 is 2.24 bits per heavy atom. The van der Waals surface area contributed by atoms with E-state index in [0.717, 1.165) is 24.2 Å². The summed E-state index contributed by atoms with van der Waals surface area (Å²) < 4.78 is 0. The molecule has 3 aromatic carbocycles. The molecule has 0 aliphatic heterocycles. The predicted molar refractivity (Wildman–Crippen MR) is 119 cm³/mol. The quantitative estimate of drug-likeness (QED) is 0.370. The molecule has 0 spiro atoms. The molecule has 4 aromatic rings. The van der Waals surface area contributed by atoms with Crippen LogP contribution in [-0.2, 0) is 0 Å². The molecular formula is C25H22ClN3. The molecule has 4 heteroatoms. The van der Waals surface area contributed by atoms with Crippen LogP contribution in [-0.4, -0.2) is 15.0 Å². The van der Waals surface area contributed by atoms with Crippen LogP contribution in [0.4, 0.5) is 0 Å². The first-order valence-electron chi connectivity index (χ1n) is 10.3. The highest BCUT2D eigenvalue weighted by Gasteiger charge is 2.20. The maximum Gasteiger partial charge on any atom is 0.226 e. The third-order valence-corrected chi connectivity index (χ3v) is 6.01. The van der Waals surface area contributed by atoms with Crippen LogP contribution < -0.4 is 0 Å². The van der Waals surface area contributed by atoms with Gasteiger partial charge in [-0.3, -0.25) is 0 Å². The van der Waals surface area contributed by atoms with E-state index in [9.17, 15) is 0 Å². The summed E-state index contributed by atoms with van der Waals surface area (Å²) in [5.74, 6) is 1.91. The van der Waals surface area contributed by atoms with Gasteiger partial charge in [-0.1, -0.05) is 86.0 Å². The molecule has 3 nitrogen and oxygen atoms in total. The fourth-order valence-corrected chi connectivity index (χ4v) is 4.48. The van der Waals surface area contributed by atoms with Crippen molar-refractivity contribution >= 4 is 22.4 Å². The highest BCUT2D eigenvalue weighted by Crippen LogP contribution is 2.33. The van der Waals surface area contributed by atoms with E-state index in [4.69, 9.17) is 16.6 Å². The van der Waals surface area contributed by atoms with Crippen LogP contribution in [0.25, 0.3) is 33.3 Å². The topological polar surface area (TPSA) is 38.7 Å². The largest absolute Gasteiger partial charge is 0.226 e. The predicted octanol–water partition coefficient (Wildman–Crippen LogP) is 7.06. The van der Waals surface area contributed by atoms with Gasteiger partial charge in [-0.25, -0.2) is 9.97 Å². The smallest absolute Gasteiger partial charge is 0.213 e. The normalized spacial score (nSPS) is 14.9. The van der Waals surface area contributed by atoms with Crippen molar-refractivity contribution in [2.45, 2.75) is 38.0 Å². The van der Waals surface area contributed by atoms with Gasteiger partial charge < -0.3 is 0 Å². The summed E-state index contributed by atoms with van der Waals surface area (Å²) in [6.07, 6.45) is 6.06. The molecular weight excluding hydrogens is 378 g/mol. The Hall–Kier alpha value is -2.78. The lowest BCUT2D eigenvalue weighted by atomic mass is 9.89. The second kappa shape index (κ2) is 7.92. The van der Waals surface area contributed by atoms with E-state index in [2.05, 4.69) is 76.7 Å². The van der Waals surface area contributed by atoms with E-state index in [-0.39, 0.29) is 5.28 Å². The molecule has 1 saturated carbocycles. The molecule has 1 aromatic heterocycles. The summed E-state index contributed by atoms with van der Waals surface area (Å²) in [5, 5.41) is 2.79. The van der Waals surface area contributed by atoms with E-state index < -0.39 is 0 Å². The lowest BCUT2D eigenvalue weighted by Gasteiger charge is -2.20. The first-order valence-corrected chi connectivity index (χ1v) is 10.7. The Morgan fingerprint density at radius 2 is 1.41 bits per heavy atom. The maximum absolute atomic E-state index is 6.25. The number of benzene rings is 3. The summed E-state index contributed by atoms with van der Waals surface area (Å²) in [7, 11) is 0. The van der Waals surface area contributed by atoms with Crippen molar-refractivity contribution in [3.8, 4) is 22.5 Å². The molecule has 1 fully saturated rings. The van der Waals surface area contributed by atoms with Crippen molar-refractivity contribution < 1.29 is 0 Å². The minimum absolute atomic E-state index is 0.286. The molecule has 0 amide bonds. The Balaban J connectivity index is 1.49. The fraction of sp³-hybridized carbons (Fsp3) is 0.240. The zero-order valence-corrected chi connectivity index (χ0v) is 16.9. The Labute approximate surface area is 175 Å². The van der Waals surface area contributed by atoms with E-state index >= 15 is 0 Å². The summed E-state index contributed by atoms with van der Waals surface area (Å²) in [5.41, 5.74) is 3.37. The SMILES string of the molecule is Clc1nc(-c2ccc(-c3cccc4ccccc34)cc2)nc(C2CCCCC2)n1. The van der Waals surface area contributed by atoms with Gasteiger partial charge in [-0.15, -0.1) is 0 Å². The zero-order chi connectivity index (χ0) is 19.6. The van der Waals surface area contributed by atoms with Crippen molar-refractivity contribution in [1.29, 1.82) is 0 Å². The molecule has 5 rings (SSSR count). The number of rotatable bonds is 3. The number of halogens is 1. The maximum atomic E-state index is 6.25. The van der Waals surface area contributed by atoms with Crippen LogP contribution in [0.15, 0.2) is 66.7 Å². The van der Waals surface area contributed by atoms with Gasteiger partial charge in [0.2, 0.25) is 5.28 Å². The second-order valence-electron chi connectivity index (χ2n) is 7.73. The van der Waals surface area contributed by atoms with Gasteiger partial charge in [-0.2, -0.15) is 4.98 Å². The Kier molecular flexibility index (Phi) is 4.99. The molecule has 0 unspecified atom stereocenters. The average Bonchev–Trinajstić information content (AvgIpc) is 2.79. The highest BCUT2D eigenvalue weighted by atomic mass is 35.5. The molecule has 29 heavy (non-hydrogen) atoms.